The molecule has 1 heterocycles. The number of nitrogens with zero attached hydrogens (tertiary/aromatic N) is 2. The molecule has 5 heteroatoms. The molecule has 102 valence electrons. The maximum Gasteiger partial charge on any atom is 0.250 e. The van der Waals surface area contributed by atoms with Gasteiger partial charge >= 0.3 is 0 Å². The Morgan fingerprint density at radius 1 is 1.30 bits per heavy atom. The second-order valence-electron chi connectivity index (χ2n) is 4.22. The minimum Gasteiger partial charge on any atom is -0.493 e. The van der Waals surface area contributed by atoms with Gasteiger partial charge in [0.25, 0.3) is 5.56 Å². The highest BCUT2D eigenvalue weighted by molar-refractivity contribution is 5.36. The van der Waals surface area contributed by atoms with E-state index in [0.29, 0.717) is 30.9 Å². The third-order valence-electron chi connectivity index (χ3n) is 2.72. The number of benzene rings is 1. The molecule has 0 saturated heterocycles. The predicted octanol–water partition coefficient (Wildman–Crippen LogP) is 2.33. The van der Waals surface area contributed by atoms with E-state index in [1.165, 1.54) is 16.8 Å². The first kappa shape index (κ1) is 13.8. The molecule has 0 amide bonds. The highest BCUT2D eigenvalue weighted by Crippen LogP contribution is 2.12. The molecular formula is C15H13FN2O2. The third kappa shape index (κ3) is 3.69. The second-order valence-corrected chi connectivity index (χ2v) is 4.22. The Morgan fingerprint density at radius 2 is 2.15 bits per heavy atom. The number of nitriles is 1. The first-order valence-corrected chi connectivity index (χ1v) is 6.18. The van der Waals surface area contributed by atoms with Crippen LogP contribution in [0.25, 0.3) is 0 Å². The van der Waals surface area contributed by atoms with Crippen LogP contribution in [-0.2, 0) is 6.54 Å². The second kappa shape index (κ2) is 6.53. The fraction of sp³-hybridized carbons (Fsp3) is 0.200. The van der Waals surface area contributed by atoms with E-state index in [1.54, 1.807) is 24.3 Å². The van der Waals surface area contributed by atoms with Crippen molar-refractivity contribution in [1.82, 2.24) is 4.57 Å². The number of rotatable bonds is 5. The summed E-state index contributed by atoms with van der Waals surface area (Å²) in [4.78, 5) is 11.4. The topological polar surface area (TPSA) is 55.0 Å². The van der Waals surface area contributed by atoms with Gasteiger partial charge in [0.15, 0.2) is 0 Å². The summed E-state index contributed by atoms with van der Waals surface area (Å²) in [5, 5.41) is 8.76. The molecule has 0 saturated carbocycles. The van der Waals surface area contributed by atoms with E-state index >= 15 is 0 Å². The van der Waals surface area contributed by atoms with Crippen molar-refractivity contribution in [2.24, 2.45) is 0 Å². The molecule has 0 unspecified atom stereocenters. The highest BCUT2D eigenvalue weighted by Gasteiger charge is 1.99. The summed E-state index contributed by atoms with van der Waals surface area (Å²) in [6.07, 6.45) is 1.75. The molecule has 1 aromatic heterocycles. The van der Waals surface area contributed by atoms with Crippen LogP contribution in [0.4, 0.5) is 4.39 Å². The SMILES string of the molecule is N#Cc1cccc(OCCCn2cc(F)ccc2=O)c1. The molecule has 0 atom stereocenters. The third-order valence-corrected chi connectivity index (χ3v) is 2.72. The number of hydrogen-bond donors (Lipinski definition) is 0. The largest absolute Gasteiger partial charge is 0.493 e. The van der Waals surface area contributed by atoms with Gasteiger partial charge < -0.3 is 9.30 Å². The Morgan fingerprint density at radius 3 is 2.95 bits per heavy atom. The summed E-state index contributed by atoms with van der Waals surface area (Å²) in [5.41, 5.74) is 0.293. The predicted molar refractivity (Wildman–Crippen MR) is 71.9 cm³/mol. The van der Waals surface area contributed by atoms with Crippen LogP contribution in [0.1, 0.15) is 12.0 Å². The lowest BCUT2D eigenvalue weighted by Gasteiger charge is -2.08. The number of hydrogen-bond acceptors (Lipinski definition) is 3. The number of halogens is 1. The van der Waals surface area contributed by atoms with Gasteiger partial charge in [0.05, 0.1) is 18.2 Å². The summed E-state index contributed by atoms with van der Waals surface area (Å²) in [6, 6.07) is 11.2. The van der Waals surface area contributed by atoms with Gasteiger partial charge in [0.1, 0.15) is 11.6 Å². The van der Waals surface area contributed by atoms with Crippen LogP contribution in [0.15, 0.2) is 47.4 Å². The van der Waals surface area contributed by atoms with Crippen molar-refractivity contribution in [3.63, 3.8) is 0 Å². The van der Waals surface area contributed by atoms with Crippen molar-refractivity contribution in [1.29, 1.82) is 5.26 Å². The zero-order chi connectivity index (χ0) is 14.4. The van der Waals surface area contributed by atoms with Gasteiger partial charge in [0, 0.05) is 18.8 Å². The van der Waals surface area contributed by atoms with E-state index in [9.17, 15) is 9.18 Å². The average Bonchev–Trinajstić information content (AvgIpc) is 2.47. The molecule has 0 spiro atoms. The van der Waals surface area contributed by atoms with Gasteiger partial charge in [0.2, 0.25) is 0 Å². The Bertz CT molecular complexity index is 689. The molecule has 20 heavy (non-hydrogen) atoms. The maximum absolute atomic E-state index is 13.0. The van der Waals surface area contributed by atoms with E-state index in [2.05, 4.69) is 0 Å². The van der Waals surface area contributed by atoms with Crippen molar-refractivity contribution < 1.29 is 9.13 Å². The minimum atomic E-state index is -0.438. The minimum absolute atomic E-state index is 0.238. The Balaban J connectivity index is 1.86. The van der Waals surface area contributed by atoms with Crippen molar-refractivity contribution in [2.75, 3.05) is 6.61 Å². The molecule has 0 radical (unpaired) electrons. The van der Waals surface area contributed by atoms with Crippen LogP contribution < -0.4 is 10.3 Å². The fourth-order valence-electron chi connectivity index (χ4n) is 1.76. The highest BCUT2D eigenvalue weighted by atomic mass is 19.1. The normalized spacial score (nSPS) is 10.0. The lowest BCUT2D eigenvalue weighted by molar-refractivity contribution is 0.300. The molecule has 1 aromatic carbocycles. The molecule has 0 fully saturated rings. The standard InChI is InChI=1S/C15H13FN2O2/c16-13-5-6-15(19)18(11-13)7-2-8-20-14-4-1-3-12(9-14)10-17/h1,3-6,9,11H,2,7-8H2. The van der Waals surface area contributed by atoms with Gasteiger partial charge in [-0.2, -0.15) is 5.26 Å². The van der Waals surface area contributed by atoms with Crippen LogP contribution in [0, 0.1) is 17.1 Å². The number of ether oxygens (including phenoxy) is 1. The van der Waals surface area contributed by atoms with Gasteiger partial charge in [-0.3, -0.25) is 4.79 Å². The lowest BCUT2D eigenvalue weighted by Crippen LogP contribution is -2.20. The molecule has 0 aliphatic carbocycles. The quantitative estimate of drug-likeness (QED) is 0.785. The molecule has 0 bridgehead atoms. The maximum atomic E-state index is 13.0. The Hall–Kier alpha value is -2.61. The molecule has 2 rings (SSSR count). The molecular weight excluding hydrogens is 259 g/mol. The lowest BCUT2D eigenvalue weighted by atomic mass is 10.2. The van der Waals surface area contributed by atoms with E-state index in [-0.39, 0.29) is 5.56 Å². The monoisotopic (exact) mass is 272 g/mol. The summed E-state index contributed by atoms with van der Waals surface area (Å²) < 4.78 is 19.8. The number of aryl methyl sites for hydroxylation is 1. The van der Waals surface area contributed by atoms with Gasteiger partial charge in [-0.05, 0) is 30.7 Å². The fourth-order valence-corrected chi connectivity index (χ4v) is 1.76. The van der Waals surface area contributed by atoms with Crippen LogP contribution in [0.3, 0.4) is 0 Å². The van der Waals surface area contributed by atoms with Crippen molar-refractivity contribution in [3.8, 4) is 11.8 Å². The van der Waals surface area contributed by atoms with Gasteiger partial charge in [-0.15, -0.1) is 0 Å². The Labute approximate surface area is 115 Å². The zero-order valence-electron chi connectivity index (χ0n) is 10.8. The van der Waals surface area contributed by atoms with Crippen LogP contribution in [0.5, 0.6) is 5.75 Å². The zero-order valence-corrected chi connectivity index (χ0v) is 10.8. The number of pyridine rings is 1. The summed E-state index contributed by atoms with van der Waals surface area (Å²) in [7, 11) is 0. The first-order chi connectivity index (χ1) is 9.69. The van der Waals surface area contributed by atoms with Crippen LogP contribution in [-0.4, -0.2) is 11.2 Å². The first-order valence-electron chi connectivity index (χ1n) is 6.18. The summed E-state index contributed by atoms with van der Waals surface area (Å²) in [6.45, 7) is 0.770. The molecule has 2 aromatic rings. The average molecular weight is 272 g/mol. The van der Waals surface area contributed by atoms with E-state index in [1.807, 2.05) is 6.07 Å². The van der Waals surface area contributed by atoms with Crippen molar-refractivity contribution in [2.45, 2.75) is 13.0 Å². The molecule has 4 nitrogen and oxygen atoms in total. The van der Waals surface area contributed by atoms with Crippen molar-refractivity contribution in [3.05, 3.63) is 64.3 Å². The molecule has 0 N–H and O–H groups in total. The van der Waals surface area contributed by atoms with Crippen LogP contribution >= 0.6 is 0 Å². The summed E-state index contributed by atoms with van der Waals surface area (Å²) in [5.74, 6) is 0.169. The van der Waals surface area contributed by atoms with Crippen molar-refractivity contribution >= 4 is 0 Å². The van der Waals surface area contributed by atoms with E-state index in [0.717, 1.165) is 6.07 Å². The smallest absolute Gasteiger partial charge is 0.250 e. The van der Waals surface area contributed by atoms with E-state index in [4.69, 9.17) is 10.00 Å². The van der Waals surface area contributed by atoms with E-state index < -0.39 is 5.82 Å². The summed E-state index contributed by atoms with van der Waals surface area (Å²) >= 11 is 0. The number of aromatic nitrogens is 1. The Kier molecular flexibility index (Phi) is 4.51. The molecule has 0 aliphatic rings. The van der Waals surface area contributed by atoms with Gasteiger partial charge in [-0.25, -0.2) is 4.39 Å². The van der Waals surface area contributed by atoms with Gasteiger partial charge in [-0.1, -0.05) is 6.07 Å². The molecule has 0 aliphatic heterocycles. The van der Waals surface area contributed by atoms with Crippen LogP contribution in [0.2, 0.25) is 0 Å².